The number of ketones is 1. The van der Waals surface area contributed by atoms with E-state index in [2.05, 4.69) is 4.98 Å². The number of aromatic nitrogens is 1. The highest BCUT2D eigenvalue weighted by Crippen LogP contribution is 2.36. The molecule has 1 N–H and O–H groups in total. The van der Waals surface area contributed by atoms with Crippen molar-refractivity contribution >= 4 is 12.1 Å². The number of nitrogens with one attached hydrogen (secondary N) is 1. The maximum atomic E-state index is 11.9. The average molecular weight is 287 g/mol. The zero-order valence-electron chi connectivity index (χ0n) is 12.4. The van der Waals surface area contributed by atoms with E-state index >= 15 is 0 Å². The Morgan fingerprint density at radius 1 is 1.19 bits per heavy atom. The van der Waals surface area contributed by atoms with Gasteiger partial charge in [-0.25, -0.2) is 0 Å². The molecule has 0 radical (unpaired) electrons. The smallest absolute Gasteiger partial charge is 0.166 e. The number of Topliss-reactive ketones (excluding diaryl/α,β-unsaturated/α-hetero) is 1. The van der Waals surface area contributed by atoms with E-state index < -0.39 is 0 Å². The minimum atomic E-state index is -0.0957. The molecule has 21 heavy (non-hydrogen) atoms. The SMILES string of the molecule is COc1ccc(-c2c(C=O)[nH]c(C)c2C(C)=O)cc1OC. The van der Waals surface area contributed by atoms with Crippen molar-refractivity contribution in [3.8, 4) is 22.6 Å². The van der Waals surface area contributed by atoms with Gasteiger partial charge in [0.2, 0.25) is 0 Å². The average Bonchev–Trinajstić information content (AvgIpc) is 2.83. The highest BCUT2D eigenvalue weighted by atomic mass is 16.5. The first-order valence-corrected chi connectivity index (χ1v) is 6.44. The first kappa shape index (κ1) is 14.8. The molecule has 0 aliphatic heterocycles. The molecule has 0 unspecified atom stereocenters. The third-order valence-corrected chi connectivity index (χ3v) is 3.36. The maximum Gasteiger partial charge on any atom is 0.166 e. The fraction of sp³-hybridized carbons (Fsp3) is 0.250. The van der Waals surface area contributed by atoms with Gasteiger partial charge < -0.3 is 14.5 Å². The van der Waals surface area contributed by atoms with Crippen LogP contribution in [0.25, 0.3) is 11.1 Å². The second-order valence-electron chi connectivity index (χ2n) is 4.66. The minimum absolute atomic E-state index is 0.0957. The van der Waals surface area contributed by atoms with Crippen LogP contribution in [-0.4, -0.2) is 31.3 Å². The molecule has 1 aromatic heterocycles. The van der Waals surface area contributed by atoms with Gasteiger partial charge in [-0.05, 0) is 31.5 Å². The Kier molecular flexibility index (Phi) is 4.12. The molecule has 5 nitrogen and oxygen atoms in total. The van der Waals surface area contributed by atoms with Crippen molar-refractivity contribution in [2.45, 2.75) is 13.8 Å². The van der Waals surface area contributed by atoms with Gasteiger partial charge in [-0.15, -0.1) is 0 Å². The lowest BCUT2D eigenvalue weighted by Gasteiger charge is -2.10. The highest BCUT2D eigenvalue weighted by molar-refractivity contribution is 6.06. The molecule has 2 rings (SSSR count). The molecule has 0 atom stereocenters. The molecule has 5 heteroatoms. The van der Waals surface area contributed by atoms with Gasteiger partial charge in [0, 0.05) is 16.8 Å². The summed E-state index contributed by atoms with van der Waals surface area (Å²) in [5.41, 5.74) is 2.89. The van der Waals surface area contributed by atoms with Gasteiger partial charge in [-0.3, -0.25) is 9.59 Å². The number of ether oxygens (including phenoxy) is 2. The molecule has 1 heterocycles. The summed E-state index contributed by atoms with van der Waals surface area (Å²) in [6.45, 7) is 3.25. The lowest BCUT2D eigenvalue weighted by molar-refractivity contribution is 0.101. The van der Waals surface area contributed by atoms with Gasteiger partial charge in [-0.2, -0.15) is 0 Å². The fourth-order valence-electron chi connectivity index (χ4n) is 2.47. The van der Waals surface area contributed by atoms with Crippen LogP contribution in [0, 0.1) is 6.92 Å². The number of H-pyrrole nitrogens is 1. The van der Waals surface area contributed by atoms with E-state index in [1.807, 2.05) is 0 Å². The van der Waals surface area contributed by atoms with Gasteiger partial charge >= 0.3 is 0 Å². The second-order valence-corrected chi connectivity index (χ2v) is 4.66. The number of aromatic amines is 1. The Morgan fingerprint density at radius 2 is 1.86 bits per heavy atom. The summed E-state index contributed by atoms with van der Waals surface area (Å²) in [5.74, 6) is 1.03. The number of rotatable bonds is 5. The molecule has 0 bridgehead atoms. The molecule has 0 fully saturated rings. The fourth-order valence-corrected chi connectivity index (χ4v) is 2.47. The van der Waals surface area contributed by atoms with Crippen LogP contribution in [0.3, 0.4) is 0 Å². The molecule has 0 aliphatic carbocycles. The lowest BCUT2D eigenvalue weighted by atomic mass is 9.98. The second kappa shape index (κ2) is 5.83. The van der Waals surface area contributed by atoms with Crippen molar-refractivity contribution in [3.05, 3.63) is 35.2 Å². The Balaban J connectivity index is 2.71. The summed E-state index contributed by atoms with van der Waals surface area (Å²) in [5, 5.41) is 0. The van der Waals surface area contributed by atoms with Gasteiger partial charge in [0.05, 0.1) is 19.9 Å². The van der Waals surface area contributed by atoms with E-state index in [1.165, 1.54) is 14.0 Å². The van der Waals surface area contributed by atoms with E-state index in [1.54, 1.807) is 32.2 Å². The van der Waals surface area contributed by atoms with Crippen LogP contribution < -0.4 is 9.47 Å². The van der Waals surface area contributed by atoms with Gasteiger partial charge in [0.1, 0.15) is 0 Å². The van der Waals surface area contributed by atoms with Crippen molar-refractivity contribution in [1.82, 2.24) is 4.98 Å². The van der Waals surface area contributed by atoms with E-state index in [4.69, 9.17) is 9.47 Å². The third kappa shape index (κ3) is 2.54. The van der Waals surface area contributed by atoms with Crippen LogP contribution >= 0.6 is 0 Å². The number of aryl methyl sites for hydroxylation is 1. The Hall–Kier alpha value is -2.56. The van der Waals surface area contributed by atoms with E-state index in [0.29, 0.717) is 40.3 Å². The van der Waals surface area contributed by atoms with Crippen LogP contribution in [-0.2, 0) is 0 Å². The molecule has 110 valence electrons. The maximum absolute atomic E-state index is 11.9. The number of methoxy groups -OCH3 is 2. The number of benzene rings is 1. The molecule has 2 aromatic rings. The summed E-state index contributed by atoms with van der Waals surface area (Å²) in [4.78, 5) is 26.1. The monoisotopic (exact) mass is 287 g/mol. The Morgan fingerprint density at radius 3 is 2.38 bits per heavy atom. The zero-order valence-corrected chi connectivity index (χ0v) is 12.4. The normalized spacial score (nSPS) is 10.3. The van der Waals surface area contributed by atoms with Crippen LogP contribution in [0.1, 0.15) is 33.5 Å². The highest BCUT2D eigenvalue weighted by Gasteiger charge is 2.20. The molecule has 0 aliphatic rings. The van der Waals surface area contributed by atoms with E-state index in [9.17, 15) is 9.59 Å². The number of carbonyl (C=O) groups is 2. The number of aldehydes is 1. The van der Waals surface area contributed by atoms with E-state index in [0.717, 1.165) is 5.56 Å². The molecular weight excluding hydrogens is 270 g/mol. The Labute approximate surface area is 122 Å². The molecule has 0 saturated heterocycles. The largest absolute Gasteiger partial charge is 0.493 e. The molecule has 0 spiro atoms. The van der Waals surface area contributed by atoms with Crippen molar-refractivity contribution in [1.29, 1.82) is 0 Å². The number of hydrogen-bond acceptors (Lipinski definition) is 4. The topological polar surface area (TPSA) is 68.4 Å². The summed E-state index contributed by atoms with van der Waals surface area (Å²) in [6, 6.07) is 5.29. The standard InChI is InChI=1S/C16H17NO4/c1-9-15(10(2)19)16(12(8-18)17-9)11-5-6-13(20-3)14(7-11)21-4/h5-8,17H,1-4H3. The van der Waals surface area contributed by atoms with Crippen molar-refractivity contribution in [2.75, 3.05) is 14.2 Å². The van der Waals surface area contributed by atoms with Crippen LogP contribution in [0.2, 0.25) is 0 Å². The zero-order chi connectivity index (χ0) is 15.6. The minimum Gasteiger partial charge on any atom is -0.493 e. The van der Waals surface area contributed by atoms with Crippen LogP contribution in [0.15, 0.2) is 18.2 Å². The molecule has 0 amide bonds. The Bertz CT molecular complexity index is 701. The summed E-state index contributed by atoms with van der Waals surface area (Å²) < 4.78 is 10.5. The predicted molar refractivity (Wildman–Crippen MR) is 79.5 cm³/mol. The first-order chi connectivity index (χ1) is 10.0. The van der Waals surface area contributed by atoms with Crippen LogP contribution in [0.5, 0.6) is 11.5 Å². The molecule has 1 aromatic carbocycles. The lowest BCUT2D eigenvalue weighted by Crippen LogP contribution is -1.97. The molecular formula is C16H17NO4. The summed E-state index contributed by atoms with van der Waals surface area (Å²) in [7, 11) is 3.09. The van der Waals surface area contributed by atoms with Gasteiger partial charge in [0.25, 0.3) is 0 Å². The van der Waals surface area contributed by atoms with E-state index in [-0.39, 0.29) is 5.78 Å². The number of carbonyl (C=O) groups excluding carboxylic acids is 2. The molecule has 0 saturated carbocycles. The quantitative estimate of drug-likeness (QED) is 0.678. The third-order valence-electron chi connectivity index (χ3n) is 3.36. The van der Waals surface area contributed by atoms with Crippen LogP contribution in [0.4, 0.5) is 0 Å². The number of hydrogen-bond donors (Lipinski definition) is 1. The van der Waals surface area contributed by atoms with Gasteiger partial charge in [0.15, 0.2) is 23.6 Å². The first-order valence-electron chi connectivity index (χ1n) is 6.44. The van der Waals surface area contributed by atoms with Gasteiger partial charge in [-0.1, -0.05) is 6.07 Å². The summed E-state index contributed by atoms with van der Waals surface area (Å²) in [6.07, 6.45) is 0.714. The predicted octanol–water partition coefficient (Wildman–Crippen LogP) is 3.02. The summed E-state index contributed by atoms with van der Waals surface area (Å²) >= 11 is 0. The van der Waals surface area contributed by atoms with Crippen molar-refractivity contribution in [2.24, 2.45) is 0 Å². The van der Waals surface area contributed by atoms with Crippen molar-refractivity contribution in [3.63, 3.8) is 0 Å². The van der Waals surface area contributed by atoms with Crippen molar-refractivity contribution < 1.29 is 19.1 Å².